The zero-order valence-corrected chi connectivity index (χ0v) is 9.40. The van der Waals surface area contributed by atoms with E-state index in [-0.39, 0.29) is 0 Å². The quantitative estimate of drug-likeness (QED) is 0.715. The van der Waals surface area contributed by atoms with Gasteiger partial charge in [0.25, 0.3) is 9.05 Å². The van der Waals surface area contributed by atoms with Gasteiger partial charge < -0.3 is 0 Å². The van der Waals surface area contributed by atoms with Crippen LogP contribution < -0.4 is 0 Å². The second-order valence-electron chi connectivity index (χ2n) is 2.52. The minimum absolute atomic E-state index is 0.496. The average Bonchev–Trinajstić information content (AvgIpc) is 2.01. The Labute approximate surface area is 86.1 Å². The molecule has 14 heavy (non-hydrogen) atoms. The second kappa shape index (κ2) is 3.48. The standard InChI is InChI=1S/C6H6ClNO4S2/c1-13(9,10)6-5(14(7,11)12)3-2-4-8-6/h2-4H,1H3. The van der Waals surface area contributed by atoms with Gasteiger partial charge in [0.1, 0.15) is 4.90 Å². The highest BCUT2D eigenvalue weighted by Crippen LogP contribution is 2.21. The lowest BCUT2D eigenvalue weighted by Gasteiger charge is -2.01. The van der Waals surface area contributed by atoms with Crippen molar-refractivity contribution in [2.75, 3.05) is 6.26 Å². The van der Waals surface area contributed by atoms with Gasteiger partial charge in [-0.15, -0.1) is 0 Å². The Morgan fingerprint density at radius 3 is 2.21 bits per heavy atom. The monoisotopic (exact) mass is 255 g/mol. The van der Waals surface area contributed by atoms with Crippen LogP contribution in [0.15, 0.2) is 28.3 Å². The molecule has 0 radical (unpaired) electrons. The highest BCUT2D eigenvalue weighted by Gasteiger charge is 2.22. The average molecular weight is 256 g/mol. The number of nitrogens with zero attached hydrogens (tertiary/aromatic N) is 1. The summed E-state index contributed by atoms with van der Waals surface area (Å²) in [6.45, 7) is 0. The fraction of sp³-hybridized carbons (Fsp3) is 0.167. The summed E-state index contributed by atoms with van der Waals surface area (Å²) in [6.07, 6.45) is 2.04. The first-order valence-electron chi connectivity index (χ1n) is 3.32. The van der Waals surface area contributed by atoms with Gasteiger partial charge >= 0.3 is 0 Å². The highest BCUT2D eigenvalue weighted by molar-refractivity contribution is 8.14. The smallest absolute Gasteiger partial charge is 0.243 e. The van der Waals surface area contributed by atoms with Gasteiger partial charge in [-0.3, -0.25) is 0 Å². The number of hydrogen-bond donors (Lipinski definition) is 0. The molecule has 0 spiro atoms. The summed E-state index contributed by atoms with van der Waals surface area (Å²) in [4.78, 5) is 2.97. The van der Waals surface area contributed by atoms with Gasteiger partial charge in [0.2, 0.25) is 0 Å². The van der Waals surface area contributed by atoms with E-state index >= 15 is 0 Å². The number of pyridine rings is 1. The van der Waals surface area contributed by atoms with E-state index in [0.29, 0.717) is 0 Å². The summed E-state index contributed by atoms with van der Waals surface area (Å²) in [5, 5.41) is -0.532. The molecule has 0 N–H and O–H groups in total. The molecular formula is C6H6ClNO4S2. The number of rotatable bonds is 2. The fourth-order valence-corrected chi connectivity index (χ4v) is 3.32. The van der Waals surface area contributed by atoms with E-state index in [1.807, 2.05) is 0 Å². The summed E-state index contributed by atoms with van der Waals surface area (Å²) < 4.78 is 44.2. The van der Waals surface area contributed by atoms with Gasteiger partial charge in [-0.25, -0.2) is 21.8 Å². The van der Waals surface area contributed by atoms with Gasteiger partial charge in [0.05, 0.1) is 0 Å². The molecule has 0 amide bonds. The molecule has 0 aromatic carbocycles. The first-order valence-corrected chi connectivity index (χ1v) is 7.53. The highest BCUT2D eigenvalue weighted by atomic mass is 35.7. The molecule has 0 aliphatic heterocycles. The third-order valence-electron chi connectivity index (χ3n) is 1.35. The molecule has 0 aliphatic carbocycles. The molecule has 0 atom stereocenters. The molecule has 5 nitrogen and oxygen atoms in total. The Kier molecular flexibility index (Phi) is 2.84. The lowest BCUT2D eigenvalue weighted by molar-refractivity contribution is 0.587. The van der Waals surface area contributed by atoms with Crippen molar-refractivity contribution in [2.45, 2.75) is 9.92 Å². The van der Waals surface area contributed by atoms with Crippen LogP contribution in [0.3, 0.4) is 0 Å². The van der Waals surface area contributed by atoms with Gasteiger partial charge in [0, 0.05) is 23.1 Å². The molecule has 1 rings (SSSR count). The minimum atomic E-state index is -4.09. The molecular weight excluding hydrogens is 250 g/mol. The Balaban J connectivity index is 3.64. The van der Waals surface area contributed by atoms with Crippen molar-refractivity contribution in [3.05, 3.63) is 18.3 Å². The first-order chi connectivity index (χ1) is 6.23. The Bertz CT molecular complexity index is 498. The zero-order chi connectivity index (χ0) is 11.0. The van der Waals surface area contributed by atoms with E-state index in [1.54, 1.807) is 0 Å². The molecule has 0 aliphatic rings. The molecule has 0 saturated heterocycles. The molecule has 0 fully saturated rings. The third kappa shape index (κ3) is 2.43. The van der Waals surface area contributed by atoms with E-state index in [0.717, 1.165) is 12.3 Å². The second-order valence-corrected chi connectivity index (χ2v) is 6.98. The minimum Gasteiger partial charge on any atom is -0.243 e. The maximum atomic E-state index is 11.1. The van der Waals surface area contributed by atoms with Crippen LogP contribution >= 0.6 is 10.7 Å². The van der Waals surface area contributed by atoms with Crippen LogP contribution in [0.4, 0.5) is 0 Å². The molecule has 78 valence electrons. The van der Waals surface area contributed by atoms with Crippen LogP contribution in [0, 0.1) is 0 Å². The number of hydrogen-bond acceptors (Lipinski definition) is 5. The third-order valence-corrected chi connectivity index (χ3v) is 3.86. The summed E-state index contributed by atoms with van der Waals surface area (Å²) in [6, 6.07) is 2.38. The molecule has 1 heterocycles. The number of halogens is 1. The van der Waals surface area contributed by atoms with Gasteiger partial charge in [-0.1, -0.05) is 0 Å². The van der Waals surface area contributed by atoms with Crippen LogP contribution in [-0.4, -0.2) is 28.1 Å². The van der Waals surface area contributed by atoms with Crippen molar-refractivity contribution in [1.29, 1.82) is 0 Å². The predicted molar refractivity (Wildman–Crippen MR) is 50.4 cm³/mol. The van der Waals surface area contributed by atoms with Gasteiger partial charge in [0.15, 0.2) is 14.9 Å². The van der Waals surface area contributed by atoms with Crippen LogP contribution in [-0.2, 0) is 18.9 Å². The lowest BCUT2D eigenvalue weighted by Crippen LogP contribution is -2.06. The van der Waals surface area contributed by atoms with Gasteiger partial charge in [-0.05, 0) is 12.1 Å². The van der Waals surface area contributed by atoms with Crippen molar-refractivity contribution in [1.82, 2.24) is 4.98 Å². The topological polar surface area (TPSA) is 81.2 Å². The Hall–Kier alpha value is -0.660. The normalized spacial score (nSPS) is 12.7. The molecule has 8 heteroatoms. The number of sulfone groups is 1. The van der Waals surface area contributed by atoms with Crippen LogP contribution in [0.5, 0.6) is 0 Å². The van der Waals surface area contributed by atoms with Crippen molar-refractivity contribution >= 4 is 29.6 Å². The largest absolute Gasteiger partial charge is 0.264 e. The Morgan fingerprint density at radius 1 is 1.29 bits per heavy atom. The molecule has 0 saturated carbocycles. The van der Waals surface area contributed by atoms with E-state index in [2.05, 4.69) is 4.98 Å². The summed E-state index contributed by atoms with van der Waals surface area (Å²) in [5.74, 6) is 0. The first kappa shape index (κ1) is 11.4. The zero-order valence-electron chi connectivity index (χ0n) is 7.01. The lowest BCUT2D eigenvalue weighted by atomic mass is 10.5. The van der Waals surface area contributed by atoms with E-state index in [9.17, 15) is 16.8 Å². The van der Waals surface area contributed by atoms with Crippen LogP contribution in [0.2, 0.25) is 0 Å². The maximum absolute atomic E-state index is 11.1. The summed E-state index contributed by atoms with van der Waals surface area (Å²) in [7, 11) is -2.74. The molecule has 1 aromatic heterocycles. The van der Waals surface area contributed by atoms with E-state index < -0.39 is 28.8 Å². The number of aromatic nitrogens is 1. The van der Waals surface area contributed by atoms with Crippen LogP contribution in [0.1, 0.15) is 0 Å². The Morgan fingerprint density at radius 2 is 1.86 bits per heavy atom. The predicted octanol–water partition coefficient (Wildman–Crippen LogP) is 0.413. The van der Waals surface area contributed by atoms with Crippen molar-refractivity contribution in [3.63, 3.8) is 0 Å². The molecule has 1 aromatic rings. The SMILES string of the molecule is CS(=O)(=O)c1ncccc1S(=O)(=O)Cl. The van der Waals surface area contributed by atoms with E-state index in [4.69, 9.17) is 10.7 Å². The maximum Gasteiger partial charge on any atom is 0.264 e. The molecule has 0 unspecified atom stereocenters. The summed E-state index contributed by atoms with van der Waals surface area (Å²) in [5.41, 5.74) is 0. The molecule has 0 bridgehead atoms. The van der Waals surface area contributed by atoms with Crippen LogP contribution in [0.25, 0.3) is 0 Å². The van der Waals surface area contributed by atoms with Crippen molar-refractivity contribution in [2.24, 2.45) is 0 Å². The fourth-order valence-electron chi connectivity index (χ4n) is 0.840. The van der Waals surface area contributed by atoms with Gasteiger partial charge in [-0.2, -0.15) is 0 Å². The van der Waals surface area contributed by atoms with Crippen molar-refractivity contribution in [3.8, 4) is 0 Å². The van der Waals surface area contributed by atoms with Crippen molar-refractivity contribution < 1.29 is 16.8 Å². The summed E-state index contributed by atoms with van der Waals surface area (Å²) >= 11 is 0. The van der Waals surface area contributed by atoms with E-state index in [1.165, 1.54) is 12.3 Å².